The fourth-order valence-electron chi connectivity index (χ4n) is 1.84. The topological polar surface area (TPSA) is 54.0 Å². The van der Waals surface area contributed by atoms with Gasteiger partial charge in [-0.25, -0.2) is 4.39 Å². The van der Waals surface area contributed by atoms with Gasteiger partial charge >= 0.3 is 0 Å². The summed E-state index contributed by atoms with van der Waals surface area (Å²) in [6.07, 6.45) is 3.06. The second-order valence-corrected chi connectivity index (χ2v) is 4.39. The zero-order valence-corrected chi connectivity index (χ0v) is 11.4. The first-order valence-corrected chi connectivity index (χ1v) is 6.37. The SMILES string of the molecule is CCNc1ccncc1C(=O)Nc1cc(C)ccc1F. The molecule has 0 saturated carbocycles. The second-order valence-electron chi connectivity index (χ2n) is 4.39. The maximum absolute atomic E-state index is 13.6. The zero-order valence-electron chi connectivity index (χ0n) is 11.4. The Hall–Kier alpha value is -2.43. The molecule has 0 atom stereocenters. The molecular weight excluding hydrogens is 257 g/mol. The van der Waals surface area contributed by atoms with Gasteiger partial charge in [0.1, 0.15) is 5.82 Å². The van der Waals surface area contributed by atoms with Crippen molar-refractivity contribution >= 4 is 17.3 Å². The molecule has 1 aromatic heterocycles. The molecule has 4 nitrogen and oxygen atoms in total. The van der Waals surface area contributed by atoms with Gasteiger partial charge in [0.05, 0.1) is 16.9 Å². The molecule has 5 heteroatoms. The Morgan fingerprint density at radius 3 is 2.85 bits per heavy atom. The molecule has 1 heterocycles. The molecular formula is C15H16FN3O. The first kappa shape index (κ1) is 14.0. The summed E-state index contributed by atoms with van der Waals surface area (Å²) in [5.41, 5.74) is 2.10. The number of amides is 1. The van der Waals surface area contributed by atoms with E-state index in [1.54, 1.807) is 24.4 Å². The maximum Gasteiger partial charge on any atom is 0.259 e. The van der Waals surface area contributed by atoms with E-state index in [-0.39, 0.29) is 5.69 Å². The van der Waals surface area contributed by atoms with Crippen molar-refractivity contribution in [3.63, 3.8) is 0 Å². The van der Waals surface area contributed by atoms with E-state index >= 15 is 0 Å². The van der Waals surface area contributed by atoms with Crippen LogP contribution in [0.1, 0.15) is 22.8 Å². The van der Waals surface area contributed by atoms with Gasteiger partial charge in [-0.1, -0.05) is 6.07 Å². The van der Waals surface area contributed by atoms with E-state index in [2.05, 4.69) is 15.6 Å². The van der Waals surface area contributed by atoms with E-state index in [1.807, 2.05) is 13.8 Å². The number of hydrogen-bond acceptors (Lipinski definition) is 3. The van der Waals surface area contributed by atoms with Gasteiger partial charge in [-0.15, -0.1) is 0 Å². The lowest BCUT2D eigenvalue weighted by molar-refractivity contribution is 0.102. The van der Waals surface area contributed by atoms with Crippen LogP contribution in [-0.4, -0.2) is 17.4 Å². The predicted octanol–water partition coefficient (Wildman–Crippen LogP) is 3.21. The minimum absolute atomic E-state index is 0.168. The average molecular weight is 273 g/mol. The fourth-order valence-corrected chi connectivity index (χ4v) is 1.84. The summed E-state index contributed by atoms with van der Waals surface area (Å²) in [7, 11) is 0. The van der Waals surface area contributed by atoms with Crippen LogP contribution in [0, 0.1) is 12.7 Å². The lowest BCUT2D eigenvalue weighted by atomic mass is 10.2. The Morgan fingerprint density at radius 2 is 2.10 bits per heavy atom. The molecule has 0 aliphatic heterocycles. The van der Waals surface area contributed by atoms with Crippen LogP contribution in [0.2, 0.25) is 0 Å². The molecule has 20 heavy (non-hydrogen) atoms. The van der Waals surface area contributed by atoms with Crippen molar-refractivity contribution in [2.75, 3.05) is 17.2 Å². The number of nitrogens with one attached hydrogen (secondary N) is 2. The molecule has 0 aliphatic carbocycles. The summed E-state index contributed by atoms with van der Waals surface area (Å²) in [5.74, 6) is -0.851. The van der Waals surface area contributed by atoms with Crippen molar-refractivity contribution in [1.29, 1.82) is 0 Å². The number of pyridine rings is 1. The van der Waals surface area contributed by atoms with E-state index in [0.717, 1.165) is 5.56 Å². The maximum atomic E-state index is 13.6. The van der Waals surface area contributed by atoms with Crippen LogP contribution in [0.5, 0.6) is 0 Å². The highest BCUT2D eigenvalue weighted by molar-refractivity contribution is 6.07. The van der Waals surface area contributed by atoms with Gasteiger partial charge in [-0.05, 0) is 37.6 Å². The Labute approximate surface area is 117 Å². The normalized spacial score (nSPS) is 10.2. The predicted molar refractivity (Wildman–Crippen MR) is 77.5 cm³/mol. The molecule has 0 saturated heterocycles. The number of aryl methyl sites for hydroxylation is 1. The van der Waals surface area contributed by atoms with Crippen molar-refractivity contribution in [2.24, 2.45) is 0 Å². The highest BCUT2D eigenvalue weighted by atomic mass is 19.1. The van der Waals surface area contributed by atoms with Crippen molar-refractivity contribution in [3.05, 3.63) is 53.6 Å². The number of rotatable bonds is 4. The minimum Gasteiger partial charge on any atom is -0.385 e. The Balaban J connectivity index is 2.26. The number of anilines is 2. The van der Waals surface area contributed by atoms with E-state index in [4.69, 9.17) is 0 Å². The van der Waals surface area contributed by atoms with Crippen molar-refractivity contribution in [1.82, 2.24) is 4.98 Å². The van der Waals surface area contributed by atoms with Crippen molar-refractivity contribution in [3.8, 4) is 0 Å². The first-order chi connectivity index (χ1) is 9.61. The number of carbonyl (C=O) groups excluding carboxylic acids is 1. The van der Waals surface area contributed by atoms with Crippen molar-refractivity contribution < 1.29 is 9.18 Å². The summed E-state index contributed by atoms with van der Waals surface area (Å²) < 4.78 is 13.6. The zero-order chi connectivity index (χ0) is 14.5. The van der Waals surface area contributed by atoms with E-state index in [1.165, 1.54) is 12.3 Å². The van der Waals surface area contributed by atoms with Gasteiger partial charge < -0.3 is 10.6 Å². The third-order valence-corrected chi connectivity index (χ3v) is 2.80. The Morgan fingerprint density at radius 1 is 1.30 bits per heavy atom. The molecule has 2 aromatic rings. The summed E-state index contributed by atoms with van der Waals surface area (Å²) >= 11 is 0. The Bertz CT molecular complexity index is 628. The number of hydrogen-bond donors (Lipinski definition) is 2. The van der Waals surface area contributed by atoms with Gasteiger partial charge in [0.2, 0.25) is 0 Å². The summed E-state index contributed by atoms with van der Waals surface area (Å²) in [5, 5.41) is 5.65. The van der Waals surface area contributed by atoms with Gasteiger partial charge in [-0.2, -0.15) is 0 Å². The number of nitrogens with zero attached hydrogens (tertiary/aromatic N) is 1. The highest BCUT2D eigenvalue weighted by Gasteiger charge is 2.13. The summed E-state index contributed by atoms with van der Waals surface area (Å²) in [6, 6.07) is 6.29. The van der Waals surface area contributed by atoms with Crippen LogP contribution in [0.15, 0.2) is 36.7 Å². The second kappa shape index (κ2) is 6.14. The number of halogens is 1. The van der Waals surface area contributed by atoms with Crippen LogP contribution in [0.25, 0.3) is 0 Å². The van der Waals surface area contributed by atoms with Gasteiger partial charge in [0.25, 0.3) is 5.91 Å². The fraction of sp³-hybridized carbons (Fsp3) is 0.200. The third-order valence-electron chi connectivity index (χ3n) is 2.80. The first-order valence-electron chi connectivity index (χ1n) is 6.37. The van der Waals surface area contributed by atoms with E-state index in [0.29, 0.717) is 17.8 Å². The van der Waals surface area contributed by atoms with Gasteiger partial charge in [-0.3, -0.25) is 9.78 Å². The van der Waals surface area contributed by atoms with E-state index < -0.39 is 11.7 Å². The van der Waals surface area contributed by atoms with Crippen LogP contribution < -0.4 is 10.6 Å². The standard InChI is InChI=1S/C15H16FN3O/c1-3-18-13-6-7-17-9-11(13)15(20)19-14-8-10(2)4-5-12(14)16/h4-9H,3H2,1-2H3,(H,17,18)(H,19,20). The largest absolute Gasteiger partial charge is 0.385 e. The number of carbonyl (C=O) groups is 1. The van der Waals surface area contributed by atoms with Gasteiger partial charge in [0, 0.05) is 18.9 Å². The summed E-state index contributed by atoms with van der Waals surface area (Å²) in [4.78, 5) is 16.2. The van der Waals surface area contributed by atoms with E-state index in [9.17, 15) is 9.18 Å². The van der Waals surface area contributed by atoms with Gasteiger partial charge in [0.15, 0.2) is 0 Å². The smallest absolute Gasteiger partial charge is 0.259 e. The van der Waals surface area contributed by atoms with Crippen molar-refractivity contribution in [2.45, 2.75) is 13.8 Å². The highest BCUT2D eigenvalue weighted by Crippen LogP contribution is 2.19. The molecule has 104 valence electrons. The quantitative estimate of drug-likeness (QED) is 0.899. The molecule has 1 amide bonds. The monoisotopic (exact) mass is 273 g/mol. The number of benzene rings is 1. The molecule has 0 radical (unpaired) electrons. The minimum atomic E-state index is -0.460. The molecule has 1 aromatic carbocycles. The lowest BCUT2D eigenvalue weighted by Crippen LogP contribution is -2.16. The van der Waals surface area contributed by atoms with Crippen LogP contribution in [-0.2, 0) is 0 Å². The molecule has 0 aliphatic rings. The van der Waals surface area contributed by atoms with Crippen LogP contribution >= 0.6 is 0 Å². The van der Waals surface area contributed by atoms with Crippen LogP contribution in [0.3, 0.4) is 0 Å². The molecule has 0 unspecified atom stereocenters. The molecule has 0 bridgehead atoms. The lowest BCUT2D eigenvalue weighted by Gasteiger charge is -2.11. The van der Waals surface area contributed by atoms with Crippen LogP contribution in [0.4, 0.5) is 15.8 Å². The molecule has 2 rings (SSSR count). The number of aromatic nitrogens is 1. The Kier molecular flexibility index (Phi) is 4.30. The average Bonchev–Trinajstić information content (AvgIpc) is 2.44. The molecule has 0 fully saturated rings. The molecule has 0 spiro atoms. The molecule has 2 N–H and O–H groups in total. The third kappa shape index (κ3) is 3.12. The summed E-state index contributed by atoms with van der Waals surface area (Å²) in [6.45, 7) is 4.45.